The molecule has 2 aromatic rings. The molecule has 0 saturated heterocycles. The minimum atomic E-state index is -3.59. The van der Waals surface area contributed by atoms with Crippen molar-refractivity contribution in [3.8, 4) is 0 Å². The van der Waals surface area contributed by atoms with Gasteiger partial charge in [-0.2, -0.15) is 0 Å². The van der Waals surface area contributed by atoms with Crippen molar-refractivity contribution in [1.82, 2.24) is 9.71 Å². The molecule has 20 heavy (non-hydrogen) atoms. The third-order valence-electron chi connectivity index (χ3n) is 2.88. The number of nitrogens with zero attached hydrogens (tertiary/aromatic N) is 1. The van der Waals surface area contributed by atoms with Crippen LogP contribution in [0.5, 0.6) is 0 Å². The van der Waals surface area contributed by atoms with Crippen molar-refractivity contribution in [2.45, 2.75) is 18.4 Å². The Balaban J connectivity index is 2.17. The maximum atomic E-state index is 12.3. The zero-order chi connectivity index (χ0) is 14.6. The maximum absolute atomic E-state index is 12.3. The van der Waals surface area contributed by atoms with Gasteiger partial charge in [0, 0.05) is 19.8 Å². The first kappa shape index (κ1) is 14.5. The van der Waals surface area contributed by atoms with Gasteiger partial charge in [-0.25, -0.2) is 18.1 Å². The van der Waals surface area contributed by atoms with Gasteiger partial charge in [0.05, 0.1) is 0 Å². The summed E-state index contributed by atoms with van der Waals surface area (Å²) >= 11 is 0. The molecule has 0 atom stereocenters. The molecule has 0 aliphatic carbocycles. The number of sulfonamides is 1. The molecule has 1 aromatic heterocycles. The summed E-state index contributed by atoms with van der Waals surface area (Å²) < 4.78 is 27.1. The summed E-state index contributed by atoms with van der Waals surface area (Å²) in [7, 11) is -1.95. The summed E-state index contributed by atoms with van der Waals surface area (Å²) in [5, 5.41) is 2.78. The molecule has 0 aliphatic rings. The van der Waals surface area contributed by atoms with Crippen molar-refractivity contribution in [1.29, 1.82) is 0 Å². The van der Waals surface area contributed by atoms with E-state index >= 15 is 0 Å². The lowest BCUT2D eigenvalue weighted by molar-refractivity contribution is 0.581. The van der Waals surface area contributed by atoms with Crippen LogP contribution in [0.2, 0.25) is 0 Å². The molecule has 0 unspecified atom stereocenters. The van der Waals surface area contributed by atoms with Crippen molar-refractivity contribution in [2.75, 3.05) is 12.4 Å². The Hall–Kier alpha value is -1.92. The second-order valence-corrected chi connectivity index (χ2v) is 6.15. The summed E-state index contributed by atoms with van der Waals surface area (Å²) in [6.07, 6.45) is 1.55. The van der Waals surface area contributed by atoms with Crippen LogP contribution in [0.15, 0.2) is 47.5 Å². The van der Waals surface area contributed by atoms with E-state index in [1.807, 2.05) is 31.2 Å². The zero-order valence-electron chi connectivity index (χ0n) is 11.4. The summed E-state index contributed by atoms with van der Waals surface area (Å²) in [5.74, 6) is 0.337. The second-order valence-electron chi connectivity index (χ2n) is 4.41. The molecule has 2 rings (SSSR count). The molecule has 0 spiro atoms. The summed E-state index contributed by atoms with van der Waals surface area (Å²) in [4.78, 5) is 4.15. The molecule has 0 radical (unpaired) electrons. The number of benzene rings is 1. The molecule has 0 amide bonds. The topological polar surface area (TPSA) is 71.1 Å². The zero-order valence-corrected chi connectivity index (χ0v) is 12.2. The first-order valence-corrected chi connectivity index (χ1v) is 7.69. The van der Waals surface area contributed by atoms with E-state index in [4.69, 9.17) is 0 Å². The molecule has 2 N–H and O–H groups in total. The van der Waals surface area contributed by atoms with Gasteiger partial charge in [-0.05, 0) is 24.6 Å². The van der Waals surface area contributed by atoms with Crippen LogP contribution in [0, 0.1) is 6.92 Å². The molecule has 0 saturated carbocycles. The monoisotopic (exact) mass is 291 g/mol. The quantitative estimate of drug-likeness (QED) is 0.883. The minimum absolute atomic E-state index is 0.148. The largest absolute Gasteiger partial charge is 0.372 e. The van der Waals surface area contributed by atoms with Crippen LogP contribution in [0.3, 0.4) is 0 Å². The fraction of sp³-hybridized carbons (Fsp3) is 0.214. The van der Waals surface area contributed by atoms with Crippen LogP contribution in [-0.4, -0.2) is 20.4 Å². The number of aromatic nitrogens is 1. The number of anilines is 1. The van der Waals surface area contributed by atoms with Crippen LogP contribution in [0.1, 0.15) is 11.1 Å². The Kier molecular flexibility index (Phi) is 4.36. The molecule has 106 valence electrons. The Morgan fingerprint density at radius 2 is 1.85 bits per heavy atom. The first-order valence-electron chi connectivity index (χ1n) is 6.21. The number of nitrogens with one attached hydrogen (secondary N) is 2. The average Bonchev–Trinajstić information content (AvgIpc) is 2.46. The predicted octanol–water partition coefficient (Wildman–Crippen LogP) is 1.91. The van der Waals surface area contributed by atoms with Crippen LogP contribution < -0.4 is 10.0 Å². The normalized spacial score (nSPS) is 11.3. The average molecular weight is 291 g/mol. The van der Waals surface area contributed by atoms with Crippen LogP contribution in [0.25, 0.3) is 0 Å². The SMILES string of the molecule is CNc1ncccc1S(=O)(=O)NCc1ccc(C)cc1. The maximum Gasteiger partial charge on any atom is 0.244 e. The van der Waals surface area contributed by atoms with E-state index in [1.54, 1.807) is 19.3 Å². The Morgan fingerprint density at radius 1 is 1.15 bits per heavy atom. The molecule has 6 heteroatoms. The van der Waals surface area contributed by atoms with Crippen molar-refractivity contribution in [3.05, 3.63) is 53.7 Å². The van der Waals surface area contributed by atoms with E-state index in [2.05, 4.69) is 15.0 Å². The highest BCUT2D eigenvalue weighted by molar-refractivity contribution is 7.89. The first-order chi connectivity index (χ1) is 9.53. The fourth-order valence-corrected chi connectivity index (χ4v) is 2.94. The van der Waals surface area contributed by atoms with Gasteiger partial charge in [0.25, 0.3) is 0 Å². The van der Waals surface area contributed by atoms with Crippen molar-refractivity contribution in [2.24, 2.45) is 0 Å². The molecule has 5 nitrogen and oxygen atoms in total. The highest BCUT2D eigenvalue weighted by Gasteiger charge is 2.18. The lowest BCUT2D eigenvalue weighted by Gasteiger charge is -2.10. The van der Waals surface area contributed by atoms with E-state index in [-0.39, 0.29) is 11.4 Å². The molecule has 1 heterocycles. The standard InChI is InChI=1S/C14H17N3O2S/c1-11-5-7-12(8-6-11)10-17-20(18,19)13-4-3-9-16-14(13)15-2/h3-9,17H,10H2,1-2H3,(H,15,16). The third kappa shape index (κ3) is 3.34. The summed E-state index contributed by atoms with van der Waals surface area (Å²) in [6, 6.07) is 10.8. The van der Waals surface area contributed by atoms with Gasteiger partial charge in [-0.3, -0.25) is 0 Å². The van der Waals surface area contributed by atoms with E-state index in [0.717, 1.165) is 11.1 Å². The fourth-order valence-electron chi connectivity index (χ4n) is 1.76. The van der Waals surface area contributed by atoms with Gasteiger partial charge in [0.2, 0.25) is 10.0 Å². The number of pyridine rings is 1. The van der Waals surface area contributed by atoms with Crippen LogP contribution in [-0.2, 0) is 16.6 Å². The van der Waals surface area contributed by atoms with Gasteiger partial charge in [0.1, 0.15) is 10.7 Å². The lowest BCUT2D eigenvalue weighted by atomic mass is 10.2. The molecular formula is C14H17N3O2S. The van der Waals surface area contributed by atoms with Gasteiger partial charge in [-0.15, -0.1) is 0 Å². The lowest BCUT2D eigenvalue weighted by Crippen LogP contribution is -2.24. The van der Waals surface area contributed by atoms with E-state index in [9.17, 15) is 8.42 Å². The molecule has 1 aromatic carbocycles. The van der Waals surface area contributed by atoms with Gasteiger partial charge in [0.15, 0.2) is 0 Å². The third-order valence-corrected chi connectivity index (χ3v) is 4.32. The predicted molar refractivity (Wildman–Crippen MR) is 79.0 cm³/mol. The molecule has 0 fully saturated rings. The van der Waals surface area contributed by atoms with Gasteiger partial charge in [-0.1, -0.05) is 29.8 Å². The summed E-state index contributed by atoms with van der Waals surface area (Å²) in [6.45, 7) is 2.24. The van der Waals surface area contributed by atoms with E-state index in [0.29, 0.717) is 5.82 Å². The smallest absolute Gasteiger partial charge is 0.244 e. The van der Waals surface area contributed by atoms with Crippen LogP contribution >= 0.6 is 0 Å². The Labute approximate surface area is 119 Å². The molecule has 0 bridgehead atoms. The van der Waals surface area contributed by atoms with Crippen molar-refractivity contribution in [3.63, 3.8) is 0 Å². The van der Waals surface area contributed by atoms with Crippen LogP contribution in [0.4, 0.5) is 5.82 Å². The highest BCUT2D eigenvalue weighted by atomic mass is 32.2. The van der Waals surface area contributed by atoms with Crippen molar-refractivity contribution >= 4 is 15.8 Å². The molecule has 0 aliphatic heterocycles. The van der Waals surface area contributed by atoms with E-state index in [1.165, 1.54) is 6.07 Å². The number of hydrogen-bond donors (Lipinski definition) is 2. The Morgan fingerprint density at radius 3 is 2.50 bits per heavy atom. The number of hydrogen-bond acceptors (Lipinski definition) is 4. The molecular weight excluding hydrogens is 274 g/mol. The second kappa shape index (κ2) is 6.02. The number of rotatable bonds is 5. The minimum Gasteiger partial charge on any atom is -0.372 e. The van der Waals surface area contributed by atoms with Gasteiger partial charge < -0.3 is 5.32 Å². The summed E-state index contributed by atoms with van der Waals surface area (Å²) in [5.41, 5.74) is 2.05. The highest BCUT2D eigenvalue weighted by Crippen LogP contribution is 2.17. The van der Waals surface area contributed by atoms with Crippen molar-refractivity contribution < 1.29 is 8.42 Å². The van der Waals surface area contributed by atoms with Gasteiger partial charge >= 0.3 is 0 Å². The number of aryl methyl sites for hydroxylation is 1. The Bertz CT molecular complexity index is 682. The van der Waals surface area contributed by atoms with E-state index < -0.39 is 10.0 Å².